The number of carbonyl (C=O) groups is 1. The van der Waals surface area contributed by atoms with Crippen molar-refractivity contribution in [3.8, 4) is 0 Å². The van der Waals surface area contributed by atoms with E-state index in [4.69, 9.17) is 0 Å². The minimum absolute atomic E-state index is 0.0320. The highest BCUT2D eigenvalue weighted by Gasteiger charge is 2.35. The zero-order valence-corrected chi connectivity index (χ0v) is 8.28. The first kappa shape index (κ1) is 11.6. The van der Waals surface area contributed by atoms with Crippen LogP contribution in [0.15, 0.2) is 30.3 Å². The first-order valence-corrected chi connectivity index (χ1v) is 5.30. The Bertz CT molecular complexity index is 445. The Morgan fingerprint density at radius 3 is 2.27 bits per heavy atom. The van der Waals surface area contributed by atoms with E-state index in [1.165, 1.54) is 24.3 Å². The van der Waals surface area contributed by atoms with E-state index >= 15 is 0 Å². The van der Waals surface area contributed by atoms with Gasteiger partial charge in [-0.1, -0.05) is 30.3 Å². The summed E-state index contributed by atoms with van der Waals surface area (Å²) in [4.78, 5) is 14.7. The molecule has 0 saturated carbocycles. The Labute approximate surface area is 85.8 Å². The van der Waals surface area contributed by atoms with Gasteiger partial charge in [-0.05, 0) is 5.56 Å². The fourth-order valence-electron chi connectivity index (χ4n) is 1.10. The summed E-state index contributed by atoms with van der Waals surface area (Å²) < 4.78 is 34.2. The molecule has 0 aliphatic rings. The van der Waals surface area contributed by atoms with Crippen molar-refractivity contribution in [3.63, 3.8) is 0 Å². The second-order valence-corrected chi connectivity index (χ2v) is 4.13. The third kappa shape index (κ3) is 2.74. The van der Waals surface area contributed by atoms with Crippen molar-refractivity contribution in [1.29, 1.82) is 0 Å². The first-order valence-electron chi connectivity index (χ1n) is 3.86. The maximum Gasteiger partial charge on any atom is 0.350 e. The molecule has 1 aromatic carbocycles. The summed E-state index contributed by atoms with van der Waals surface area (Å²) in [6.45, 7) is 0. The van der Waals surface area contributed by atoms with E-state index in [-0.39, 0.29) is 5.56 Å². The van der Waals surface area contributed by atoms with Gasteiger partial charge in [0.2, 0.25) is 5.25 Å². The van der Waals surface area contributed by atoms with E-state index in [0.29, 0.717) is 0 Å². The van der Waals surface area contributed by atoms with Crippen LogP contribution < -0.4 is 5.90 Å². The second-order valence-electron chi connectivity index (χ2n) is 2.70. The van der Waals surface area contributed by atoms with Gasteiger partial charge in [-0.25, -0.2) is 4.79 Å². The van der Waals surface area contributed by atoms with Gasteiger partial charge in [-0.2, -0.15) is 14.3 Å². The number of hydrogen-bond donors (Lipinski definition) is 1. The number of carbonyl (C=O) groups excluding carboxylic acids is 1. The summed E-state index contributed by atoms with van der Waals surface area (Å²) in [6, 6.07) is 7.12. The molecule has 0 saturated heterocycles. The average molecular weight is 233 g/mol. The van der Waals surface area contributed by atoms with Crippen LogP contribution in [0.1, 0.15) is 10.8 Å². The largest absolute Gasteiger partial charge is 0.372 e. The Morgan fingerprint density at radius 2 is 1.87 bits per heavy atom. The van der Waals surface area contributed by atoms with Gasteiger partial charge in [0.15, 0.2) is 0 Å². The molecule has 0 aliphatic carbocycles. The molecular weight excluding hydrogens is 225 g/mol. The summed E-state index contributed by atoms with van der Waals surface area (Å²) in [7, 11) is -5.08. The topological polar surface area (TPSA) is 86.5 Å². The molecular formula is C8H8FNO4S. The van der Waals surface area contributed by atoms with Gasteiger partial charge >= 0.3 is 16.2 Å². The summed E-state index contributed by atoms with van der Waals surface area (Å²) in [6.07, 6.45) is 0. The van der Waals surface area contributed by atoms with Gasteiger partial charge in [0.25, 0.3) is 0 Å². The third-order valence-electron chi connectivity index (χ3n) is 1.71. The number of nitrogens with two attached hydrogens (primary N) is 1. The predicted molar refractivity (Wildman–Crippen MR) is 49.5 cm³/mol. The average Bonchev–Trinajstić information content (AvgIpc) is 2.17. The molecule has 0 amide bonds. The van der Waals surface area contributed by atoms with Gasteiger partial charge in [0.1, 0.15) is 0 Å². The van der Waals surface area contributed by atoms with Crippen molar-refractivity contribution < 1.29 is 21.9 Å². The summed E-state index contributed by atoms with van der Waals surface area (Å²) >= 11 is 0. The molecule has 82 valence electrons. The minimum atomic E-state index is -5.08. The quantitative estimate of drug-likeness (QED) is 0.604. The van der Waals surface area contributed by atoms with Crippen LogP contribution in [0, 0.1) is 0 Å². The smallest absolute Gasteiger partial charge is 0.350 e. The molecule has 0 radical (unpaired) electrons. The van der Waals surface area contributed by atoms with Crippen LogP contribution in [-0.2, 0) is 19.9 Å². The van der Waals surface area contributed by atoms with Crippen LogP contribution in [0.3, 0.4) is 0 Å². The van der Waals surface area contributed by atoms with Crippen molar-refractivity contribution in [1.82, 2.24) is 0 Å². The van der Waals surface area contributed by atoms with Crippen LogP contribution >= 0.6 is 0 Å². The fourth-order valence-corrected chi connectivity index (χ4v) is 1.87. The summed E-state index contributed by atoms with van der Waals surface area (Å²) in [5.74, 6) is 3.17. The molecule has 5 nitrogen and oxygen atoms in total. The Balaban J connectivity index is 3.20. The van der Waals surface area contributed by atoms with Crippen LogP contribution in [0.4, 0.5) is 3.89 Å². The SMILES string of the molecule is NOC(=O)[C@@H](c1ccccc1)S(=O)(=O)F. The zero-order valence-electron chi connectivity index (χ0n) is 7.46. The molecule has 15 heavy (non-hydrogen) atoms. The van der Waals surface area contributed by atoms with Crippen molar-refractivity contribution in [3.05, 3.63) is 35.9 Å². The lowest BCUT2D eigenvalue weighted by Gasteiger charge is -2.09. The molecule has 1 rings (SSSR count). The molecule has 0 bridgehead atoms. The monoisotopic (exact) mass is 233 g/mol. The van der Waals surface area contributed by atoms with Crippen molar-refractivity contribution >= 4 is 16.2 Å². The third-order valence-corrected chi connectivity index (χ3v) is 2.74. The molecule has 1 aromatic rings. The Morgan fingerprint density at radius 1 is 1.33 bits per heavy atom. The van der Waals surface area contributed by atoms with Gasteiger partial charge < -0.3 is 4.84 Å². The van der Waals surface area contributed by atoms with Crippen LogP contribution in [0.5, 0.6) is 0 Å². The lowest BCUT2D eigenvalue weighted by Crippen LogP contribution is -2.24. The molecule has 7 heteroatoms. The van der Waals surface area contributed by atoms with E-state index in [2.05, 4.69) is 10.7 Å². The highest BCUT2D eigenvalue weighted by molar-refractivity contribution is 7.87. The first-order chi connectivity index (χ1) is 6.96. The van der Waals surface area contributed by atoms with Gasteiger partial charge in [-0.15, -0.1) is 3.89 Å². The standard InChI is InChI=1S/C8H8FNO4S/c9-15(12,13)7(8(11)14-10)6-4-2-1-3-5-6/h1-5,7H,10H2/t7-/m1/s1. The zero-order chi connectivity index (χ0) is 11.5. The number of hydrogen-bond acceptors (Lipinski definition) is 5. The highest BCUT2D eigenvalue weighted by Crippen LogP contribution is 2.24. The van der Waals surface area contributed by atoms with Crippen LogP contribution in [-0.4, -0.2) is 14.4 Å². The maximum atomic E-state index is 12.8. The summed E-state index contributed by atoms with van der Waals surface area (Å²) in [5.41, 5.74) is -0.0320. The van der Waals surface area contributed by atoms with Gasteiger partial charge in [0.05, 0.1) is 0 Å². The number of rotatable bonds is 3. The Kier molecular flexibility index (Phi) is 3.38. The second kappa shape index (κ2) is 4.37. The molecule has 2 N–H and O–H groups in total. The lowest BCUT2D eigenvalue weighted by molar-refractivity contribution is -0.143. The van der Waals surface area contributed by atoms with Crippen molar-refractivity contribution in [2.24, 2.45) is 5.90 Å². The Hall–Kier alpha value is -1.47. The van der Waals surface area contributed by atoms with E-state index in [0.717, 1.165) is 0 Å². The van der Waals surface area contributed by atoms with E-state index in [1.54, 1.807) is 6.07 Å². The lowest BCUT2D eigenvalue weighted by atomic mass is 10.1. The van der Waals surface area contributed by atoms with E-state index < -0.39 is 21.4 Å². The summed E-state index contributed by atoms with van der Waals surface area (Å²) in [5, 5.41) is -2.02. The molecule has 0 fully saturated rings. The molecule has 0 aliphatic heterocycles. The molecule has 1 atom stereocenters. The molecule has 0 heterocycles. The molecule has 0 spiro atoms. The number of benzene rings is 1. The van der Waals surface area contributed by atoms with Gasteiger partial charge in [-0.3, -0.25) is 0 Å². The number of halogens is 1. The van der Waals surface area contributed by atoms with Crippen molar-refractivity contribution in [2.45, 2.75) is 5.25 Å². The minimum Gasteiger partial charge on any atom is -0.372 e. The highest BCUT2D eigenvalue weighted by atomic mass is 32.3. The maximum absolute atomic E-state index is 12.8. The van der Waals surface area contributed by atoms with E-state index in [9.17, 15) is 17.1 Å². The van der Waals surface area contributed by atoms with E-state index in [1.807, 2.05) is 0 Å². The van der Waals surface area contributed by atoms with Crippen LogP contribution in [0.25, 0.3) is 0 Å². The molecule has 0 unspecified atom stereocenters. The predicted octanol–water partition coefficient (Wildman–Crippen LogP) is 0.444. The normalized spacial score (nSPS) is 13.2. The molecule has 0 aromatic heterocycles. The fraction of sp³-hybridized carbons (Fsp3) is 0.125. The van der Waals surface area contributed by atoms with Gasteiger partial charge in [0, 0.05) is 0 Å². The van der Waals surface area contributed by atoms with Crippen LogP contribution in [0.2, 0.25) is 0 Å². The van der Waals surface area contributed by atoms with Crippen molar-refractivity contribution in [2.75, 3.05) is 0 Å².